The quantitative estimate of drug-likeness (QED) is 0.214. The molecule has 0 spiro atoms. The van der Waals surface area contributed by atoms with E-state index in [1.165, 1.54) is 6.26 Å². The maximum absolute atomic E-state index is 14.0. The van der Waals surface area contributed by atoms with E-state index in [2.05, 4.69) is 10.2 Å². The summed E-state index contributed by atoms with van der Waals surface area (Å²) in [5, 5.41) is 13.5. The largest absolute Gasteiger partial charge is 0.481 e. The molecule has 1 aromatic heterocycles. The number of furan rings is 1. The number of para-hydroxylation sites is 1. The maximum Gasteiger partial charge on any atom is 0.306 e. The number of piperidine rings is 1. The van der Waals surface area contributed by atoms with Gasteiger partial charge in [0.2, 0.25) is 5.91 Å². The predicted molar refractivity (Wildman–Crippen MR) is 192 cm³/mol. The summed E-state index contributed by atoms with van der Waals surface area (Å²) < 4.78 is 11.9. The van der Waals surface area contributed by atoms with Crippen molar-refractivity contribution in [2.75, 3.05) is 31.6 Å². The molecule has 6 rings (SSSR count). The van der Waals surface area contributed by atoms with Crippen LogP contribution in [0, 0.1) is 17.8 Å². The van der Waals surface area contributed by atoms with Crippen LogP contribution in [0.2, 0.25) is 10.0 Å². The number of aliphatic carboxylic acids is 1. The molecule has 2 N–H and O–H groups in total. The van der Waals surface area contributed by atoms with Crippen molar-refractivity contribution >= 4 is 63.4 Å². The van der Waals surface area contributed by atoms with E-state index in [-0.39, 0.29) is 53.3 Å². The number of carboxylic acid groups (broad SMARTS) is 1. The molecule has 10 nitrogen and oxygen atoms in total. The Morgan fingerprint density at radius 3 is 2.40 bits per heavy atom. The third-order valence-corrected chi connectivity index (χ3v) is 11.4. The number of Topliss-reactive ketones (excluding diaryl/α,β-unsaturated/α-hetero) is 1. The van der Waals surface area contributed by atoms with Crippen molar-refractivity contribution in [1.29, 1.82) is 0 Å². The first kappa shape index (κ1) is 36.4. The monoisotopic (exact) mass is 725 g/mol. The van der Waals surface area contributed by atoms with Crippen LogP contribution in [0.5, 0.6) is 0 Å². The van der Waals surface area contributed by atoms with E-state index < -0.39 is 11.9 Å². The van der Waals surface area contributed by atoms with Gasteiger partial charge in [-0.3, -0.25) is 24.1 Å². The molecule has 3 fully saturated rings. The summed E-state index contributed by atoms with van der Waals surface area (Å²) in [6, 6.07) is 10.4. The van der Waals surface area contributed by atoms with Crippen molar-refractivity contribution in [3.8, 4) is 0 Å². The summed E-state index contributed by atoms with van der Waals surface area (Å²) in [5.74, 6) is -1.12. The zero-order valence-corrected chi connectivity index (χ0v) is 30.0. The number of nitrogens with one attached hydrogen (secondary N) is 1. The summed E-state index contributed by atoms with van der Waals surface area (Å²) in [4.78, 5) is 55.5. The molecule has 0 unspecified atom stereocenters. The Morgan fingerprint density at radius 1 is 0.980 bits per heavy atom. The zero-order valence-electron chi connectivity index (χ0n) is 28.5. The molecule has 268 valence electrons. The van der Waals surface area contributed by atoms with Crippen LogP contribution in [0.4, 0.5) is 5.69 Å². The van der Waals surface area contributed by atoms with Crippen molar-refractivity contribution in [1.82, 2.24) is 9.80 Å². The number of carboxylic acids is 1. The lowest BCUT2D eigenvalue weighted by atomic mass is 9.86. The molecule has 1 aliphatic carbocycles. The Labute approximate surface area is 302 Å². The molecule has 12 heteroatoms. The van der Waals surface area contributed by atoms with Crippen molar-refractivity contribution in [3.63, 3.8) is 0 Å². The fraction of sp³-hybridized carbons (Fsp3) is 0.526. The van der Waals surface area contributed by atoms with E-state index >= 15 is 0 Å². The van der Waals surface area contributed by atoms with Crippen LogP contribution in [-0.4, -0.2) is 82.9 Å². The number of hydrogen-bond acceptors (Lipinski definition) is 7. The average molecular weight is 727 g/mol. The summed E-state index contributed by atoms with van der Waals surface area (Å²) in [6.07, 6.45) is 6.35. The Kier molecular flexibility index (Phi) is 11.5. The number of ether oxygens (including phenoxy) is 1. The second kappa shape index (κ2) is 15.8. The average Bonchev–Trinajstić information content (AvgIpc) is 3.74. The van der Waals surface area contributed by atoms with Gasteiger partial charge in [-0.1, -0.05) is 55.2 Å². The van der Waals surface area contributed by atoms with Crippen LogP contribution < -0.4 is 5.32 Å². The Hall–Kier alpha value is -3.44. The zero-order chi connectivity index (χ0) is 35.5. The molecule has 2 saturated heterocycles. The molecule has 0 radical (unpaired) electrons. The number of anilines is 1. The van der Waals surface area contributed by atoms with Gasteiger partial charge in [0, 0.05) is 34.8 Å². The number of benzene rings is 2. The molecule has 0 bridgehead atoms. The van der Waals surface area contributed by atoms with Crippen molar-refractivity contribution < 1.29 is 33.4 Å². The van der Waals surface area contributed by atoms with Gasteiger partial charge in [-0.15, -0.1) is 0 Å². The lowest BCUT2D eigenvalue weighted by molar-refractivity contribution is -0.144. The third-order valence-electron chi connectivity index (χ3n) is 10.7. The van der Waals surface area contributed by atoms with Gasteiger partial charge in [-0.05, 0) is 81.8 Å². The molecule has 3 aromatic rings. The molecule has 3 heterocycles. The van der Waals surface area contributed by atoms with Gasteiger partial charge in [0.15, 0.2) is 0 Å². The molecule has 50 heavy (non-hydrogen) atoms. The van der Waals surface area contributed by atoms with Crippen LogP contribution in [0.25, 0.3) is 11.0 Å². The first-order chi connectivity index (χ1) is 24.0. The van der Waals surface area contributed by atoms with Crippen molar-refractivity contribution in [2.45, 2.75) is 83.4 Å². The summed E-state index contributed by atoms with van der Waals surface area (Å²) >= 11 is 13.3. The molecular weight excluding hydrogens is 681 g/mol. The van der Waals surface area contributed by atoms with Gasteiger partial charge in [-0.2, -0.15) is 0 Å². The molecule has 2 aromatic carbocycles. The minimum absolute atomic E-state index is 0.0249. The number of halogens is 2. The van der Waals surface area contributed by atoms with E-state index in [4.69, 9.17) is 32.4 Å². The minimum atomic E-state index is -0.751. The second-order valence-corrected chi connectivity index (χ2v) is 15.1. The summed E-state index contributed by atoms with van der Waals surface area (Å²) in [7, 11) is 0. The standard InChI is InChI=1S/C38H45Cl2N3O7/c1-22(2)36(45)23-11-13-42(14-12-23)26-17-27(20-49-28-9-7-24(8-10-28)38(47)48)43(19-26)35(44)16-25-15-32(40)33(18-31(25)39)41-37(46)30-21-50-34-6-4-3-5-29(30)34/h3-6,15,18,21-24,26-28H,7-14,16-17,19-20H2,1-2H3,(H,41,46)(H,47,48)/t24?,26-,27-,28?/m0/s1. The lowest BCUT2D eigenvalue weighted by Gasteiger charge is -2.35. The number of likely N-dealkylation sites (tertiary alicyclic amines) is 2. The fourth-order valence-corrected chi connectivity index (χ4v) is 8.26. The first-order valence-corrected chi connectivity index (χ1v) is 18.4. The lowest BCUT2D eigenvalue weighted by Crippen LogP contribution is -2.45. The SMILES string of the molecule is CC(C)C(=O)C1CCN([C@H]2C[C@@H](COC3CCC(C(=O)O)CC3)N(C(=O)Cc3cc(Cl)c(NC(=O)c4coc5ccccc45)cc3Cl)C2)CC1. The van der Waals surface area contributed by atoms with Gasteiger partial charge in [0.05, 0.1) is 47.4 Å². The summed E-state index contributed by atoms with van der Waals surface area (Å²) in [5.41, 5.74) is 1.85. The van der Waals surface area contributed by atoms with Crippen LogP contribution in [0.15, 0.2) is 47.1 Å². The van der Waals surface area contributed by atoms with Crippen molar-refractivity contribution in [3.05, 3.63) is 63.8 Å². The van der Waals surface area contributed by atoms with Crippen LogP contribution in [0.1, 0.15) is 74.7 Å². The normalized spacial score (nSPS) is 23.4. The highest BCUT2D eigenvalue weighted by atomic mass is 35.5. The topological polar surface area (TPSA) is 129 Å². The van der Waals surface area contributed by atoms with Crippen LogP contribution in [-0.2, 0) is 25.5 Å². The van der Waals surface area contributed by atoms with Crippen molar-refractivity contribution in [2.24, 2.45) is 17.8 Å². The van der Waals surface area contributed by atoms with E-state index in [1.807, 2.05) is 30.9 Å². The van der Waals surface area contributed by atoms with E-state index in [0.29, 0.717) is 77.4 Å². The number of ketones is 1. The Balaban J connectivity index is 1.12. The number of hydrogen-bond donors (Lipinski definition) is 2. The highest BCUT2D eigenvalue weighted by Crippen LogP contribution is 2.34. The second-order valence-electron chi connectivity index (χ2n) is 14.3. The van der Waals surface area contributed by atoms with E-state index in [0.717, 1.165) is 32.4 Å². The highest BCUT2D eigenvalue weighted by molar-refractivity contribution is 6.36. The highest BCUT2D eigenvalue weighted by Gasteiger charge is 2.40. The summed E-state index contributed by atoms with van der Waals surface area (Å²) in [6.45, 7) is 6.45. The number of fused-ring (bicyclic) bond motifs is 1. The van der Waals surface area contributed by atoms with Gasteiger partial charge in [0.1, 0.15) is 17.6 Å². The molecular formula is C38H45Cl2N3O7. The van der Waals surface area contributed by atoms with Gasteiger partial charge < -0.3 is 24.5 Å². The smallest absolute Gasteiger partial charge is 0.306 e. The number of carbonyl (C=O) groups excluding carboxylic acids is 3. The number of amides is 2. The Bertz CT molecular complexity index is 1730. The van der Waals surface area contributed by atoms with Crippen LogP contribution in [0.3, 0.4) is 0 Å². The molecule has 2 aliphatic heterocycles. The first-order valence-electron chi connectivity index (χ1n) is 17.7. The third kappa shape index (κ3) is 8.20. The number of carbonyl (C=O) groups is 4. The number of nitrogens with zero attached hydrogens (tertiary/aromatic N) is 2. The van der Waals surface area contributed by atoms with Gasteiger partial charge >= 0.3 is 5.97 Å². The minimum Gasteiger partial charge on any atom is -0.481 e. The molecule has 2 atom stereocenters. The number of rotatable bonds is 11. The predicted octanol–water partition coefficient (Wildman–Crippen LogP) is 7.10. The Morgan fingerprint density at radius 2 is 1.70 bits per heavy atom. The molecule has 3 aliphatic rings. The molecule has 2 amide bonds. The van der Waals surface area contributed by atoms with E-state index in [9.17, 15) is 24.3 Å². The molecule has 1 saturated carbocycles. The van der Waals surface area contributed by atoms with Crippen LogP contribution >= 0.6 is 23.2 Å². The fourth-order valence-electron chi connectivity index (χ4n) is 7.79. The van der Waals surface area contributed by atoms with Gasteiger partial charge in [0.25, 0.3) is 5.91 Å². The van der Waals surface area contributed by atoms with Gasteiger partial charge in [-0.25, -0.2) is 0 Å². The maximum atomic E-state index is 14.0. The van der Waals surface area contributed by atoms with E-state index in [1.54, 1.807) is 24.3 Å².